The first-order valence-corrected chi connectivity index (χ1v) is 12.0. The lowest BCUT2D eigenvalue weighted by Crippen LogP contribution is -2.16. The van der Waals surface area contributed by atoms with Gasteiger partial charge in [0, 0.05) is 16.3 Å². The molecule has 2 aromatic heterocycles. The average molecular weight is 470 g/mol. The minimum absolute atomic E-state index is 0.317. The van der Waals surface area contributed by atoms with Crippen molar-refractivity contribution in [3.8, 4) is 23.6 Å². The molecule has 1 amide bonds. The molecule has 0 fully saturated rings. The summed E-state index contributed by atoms with van der Waals surface area (Å²) in [7, 11) is 0. The van der Waals surface area contributed by atoms with Crippen LogP contribution in [0.4, 0.5) is 0 Å². The summed E-state index contributed by atoms with van der Waals surface area (Å²) in [5, 5.41) is 3.03. The number of para-hydroxylation sites is 1. The van der Waals surface area contributed by atoms with Gasteiger partial charge in [0.05, 0.1) is 33.5 Å². The second kappa shape index (κ2) is 8.68. The third kappa shape index (κ3) is 3.71. The Morgan fingerprint density at radius 3 is 2.49 bits per heavy atom. The van der Waals surface area contributed by atoms with Gasteiger partial charge in [-0.05, 0) is 23.6 Å². The van der Waals surface area contributed by atoms with E-state index in [0.29, 0.717) is 16.9 Å². The largest absolute Gasteiger partial charge is 0.305 e. The summed E-state index contributed by atoms with van der Waals surface area (Å²) in [6.07, 6.45) is 5.69. The number of carbonyl (C=O) groups excluding carboxylic acids is 1. The molecule has 5 heteroatoms. The first-order valence-electron chi connectivity index (χ1n) is 11.2. The molecule has 0 atom stereocenters. The van der Waals surface area contributed by atoms with E-state index in [-0.39, 0.29) is 5.91 Å². The molecule has 4 nitrogen and oxygen atoms in total. The normalized spacial score (nSPS) is 11.8. The van der Waals surface area contributed by atoms with Crippen molar-refractivity contribution in [1.82, 2.24) is 9.55 Å². The summed E-state index contributed by atoms with van der Waals surface area (Å²) in [6.45, 7) is 0.330. The zero-order valence-corrected chi connectivity index (χ0v) is 19.5. The lowest BCUT2D eigenvalue weighted by Gasteiger charge is -2.07. The standard InChI is InChI=1S/C30H19N3OS/c1-2-18-33-27-17-16-20-10-6-7-13-22(20)28(27)35-30(33)32-29(34)24-19-26(21-11-4-3-5-12-21)31-25-15-9-8-14-23(24)25/h1,3-17,19H,18H2. The first kappa shape index (κ1) is 21.0. The minimum Gasteiger partial charge on any atom is -0.305 e. The lowest BCUT2D eigenvalue weighted by atomic mass is 10.0. The molecular formula is C30H19N3OS. The highest BCUT2D eigenvalue weighted by atomic mass is 32.1. The van der Waals surface area contributed by atoms with Crippen molar-refractivity contribution in [2.75, 3.05) is 0 Å². The van der Waals surface area contributed by atoms with E-state index >= 15 is 0 Å². The van der Waals surface area contributed by atoms with Crippen LogP contribution in [-0.2, 0) is 6.54 Å². The van der Waals surface area contributed by atoms with E-state index in [4.69, 9.17) is 11.4 Å². The fourth-order valence-electron chi connectivity index (χ4n) is 4.38. The van der Waals surface area contributed by atoms with Crippen LogP contribution in [0.3, 0.4) is 0 Å². The molecule has 0 spiro atoms. The maximum atomic E-state index is 13.7. The summed E-state index contributed by atoms with van der Waals surface area (Å²) < 4.78 is 3.00. The molecule has 6 rings (SSSR count). The Bertz CT molecular complexity index is 1860. The smallest absolute Gasteiger partial charge is 0.280 e. The highest BCUT2D eigenvalue weighted by Crippen LogP contribution is 2.28. The van der Waals surface area contributed by atoms with Gasteiger partial charge in [-0.2, -0.15) is 4.99 Å². The van der Waals surface area contributed by atoms with Gasteiger partial charge >= 0.3 is 0 Å². The molecule has 0 saturated heterocycles. The second-order valence-electron chi connectivity index (χ2n) is 8.17. The molecule has 0 aliphatic carbocycles. The Labute approximate surface area is 205 Å². The number of hydrogen-bond acceptors (Lipinski definition) is 3. The van der Waals surface area contributed by atoms with Gasteiger partial charge < -0.3 is 4.57 Å². The zero-order valence-electron chi connectivity index (χ0n) is 18.7. The second-order valence-corrected chi connectivity index (χ2v) is 9.14. The van der Waals surface area contributed by atoms with Crippen LogP contribution in [0.25, 0.3) is 43.1 Å². The number of hydrogen-bond donors (Lipinski definition) is 0. The van der Waals surface area contributed by atoms with E-state index in [1.807, 2.05) is 83.4 Å². The Morgan fingerprint density at radius 2 is 1.66 bits per heavy atom. The summed E-state index contributed by atoms with van der Waals surface area (Å²) in [4.78, 5) is 23.6. The zero-order chi connectivity index (χ0) is 23.8. The monoisotopic (exact) mass is 469 g/mol. The molecule has 0 bridgehead atoms. The number of rotatable bonds is 3. The minimum atomic E-state index is -0.317. The molecular weight excluding hydrogens is 450 g/mol. The number of aromatic nitrogens is 2. The molecule has 0 N–H and O–H groups in total. The van der Waals surface area contributed by atoms with Crippen LogP contribution in [0, 0.1) is 12.3 Å². The number of benzene rings is 4. The Balaban J connectivity index is 1.58. The van der Waals surface area contributed by atoms with Gasteiger partial charge in [0.2, 0.25) is 0 Å². The molecule has 0 aliphatic rings. The van der Waals surface area contributed by atoms with Crippen molar-refractivity contribution in [2.24, 2.45) is 4.99 Å². The number of amides is 1. The van der Waals surface area contributed by atoms with E-state index < -0.39 is 0 Å². The van der Waals surface area contributed by atoms with Crippen molar-refractivity contribution in [1.29, 1.82) is 0 Å². The molecule has 166 valence electrons. The number of thiazole rings is 1. The van der Waals surface area contributed by atoms with Crippen LogP contribution < -0.4 is 4.80 Å². The number of nitrogens with zero attached hydrogens (tertiary/aromatic N) is 3. The Hall–Kier alpha value is -4.53. The molecule has 6 aromatic rings. The van der Waals surface area contributed by atoms with Crippen LogP contribution in [0.5, 0.6) is 0 Å². The average Bonchev–Trinajstić information content (AvgIpc) is 3.26. The van der Waals surface area contributed by atoms with Crippen molar-refractivity contribution >= 4 is 49.1 Å². The van der Waals surface area contributed by atoms with Gasteiger partial charge in [0.1, 0.15) is 0 Å². The van der Waals surface area contributed by atoms with Crippen LogP contribution >= 0.6 is 11.3 Å². The maximum Gasteiger partial charge on any atom is 0.280 e. The SMILES string of the molecule is C#CCn1c(=NC(=O)c2cc(-c3ccccc3)nc3ccccc23)sc2c3ccccc3ccc21. The first-order chi connectivity index (χ1) is 17.2. The predicted molar refractivity (Wildman–Crippen MR) is 143 cm³/mol. The van der Waals surface area contributed by atoms with Gasteiger partial charge in [-0.1, -0.05) is 96.1 Å². The third-order valence-corrected chi connectivity index (χ3v) is 7.16. The fourth-order valence-corrected chi connectivity index (χ4v) is 5.55. The fraction of sp³-hybridized carbons (Fsp3) is 0.0333. The third-order valence-electron chi connectivity index (χ3n) is 6.04. The number of carbonyl (C=O) groups is 1. The lowest BCUT2D eigenvalue weighted by molar-refractivity contribution is 0.0999. The van der Waals surface area contributed by atoms with E-state index in [1.54, 1.807) is 0 Å². The van der Waals surface area contributed by atoms with Crippen molar-refractivity contribution < 1.29 is 4.79 Å². The Kier molecular flexibility index (Phi) is 5.21. The summed E-state index contributed by atoms with van der Waals surface area (Å²) >= 11 is 1.49. The molecule has 2 heterocycles. The van der Waals surface area contributed by atoms with Gasteiger partial charge in [0.25, 0.3) is 5.91 Å². The quantitative estimate of drug-likeness (QED) is 0.280. The van der Waals surface area contributed by atoms with Crippen molar-refractivity contribution in [3.05, 3.63) is 107 Å². The number of fused-ring (bicyclic) bond motifs is 4. The van der Waals surface area contributed by atoms with Crippen molar-refractivity contribution in [2.45, 2.75) is 6.54 Å². The topological polar surface area (TPSA) is 47.2 Å². The molecule has 0 saturated carbocycles. The molecule has 35 heavy (non-hydrogen) atoms. The van der Waals surface area contributed by atoms with Gasteiger partial charge in [0.15, 0.2) is 4.80 Å². The predicted octanol–water partition coefficient (Wildman–Crippen LogP) is 6.45. The van der Waals surface area contributed by atoms with E-state index in [1.165, 1.54) is 11.3 Å². The van der Waals surface area contributed by atoms with Crippen molar-refractivity contribution in [3.63, 3.8) is 0 Å². The molecule has 0 aliphatic heterocycles. The van der Waals surface area contributed by atoms with Crippen LogP contribution in [0.15, 0.2) is 102 Å². The molecule has 0 radical (unpaired) electrons. The highest BCUT2D eigenvalue weighted by Gasteiger charge is 2.15. The summed E-state index contributed by atoms with van der Waals surface area (Å²) in [6, 6.07) is 31.7. The maximum absolute atomic E-state index is 13.7. The molecule has 0 unspecified atom stereocenters. The molecule has 4 aromatic carbocycles. The summed E-state index contributed by atoms with van der Waals surface area (Å²) in [5.74, 6) is 2.40. The van der Waals surface area contributed by atoms with Gasteiger partial charge in [-0.25, -0.2) is 4.98 Å². The van der Waals surface area contributed by atoms with Crippen LogP contribution in [-0.4, -0.2) is 15.5 Å². The van der Waals surface area contributed by atoms with Crippen LogP contribution in [0.2, 0.25) is 0 Å². The van der Waals surface area contributed by atoms with E-state index in [2.05, 4.69) is 29.1 Å². The van der Waals surface area contributed by atoms with Crippen LogP contribution in [0.1, 0.15) is 10.4 Å². The highest BCUT2D eigenvalue weighted by molar-refractivity contribution is 7.17. The number of terminal acetylenes is 1. The van der Waals surface area contributed by atoms with Gasteiger partial charge in [-0.3, -0.25) is 4.79 Å². The Morgan fingerprint density at radius 1 is 0.914 bits per heavy atom. The van der Waals surface area contributed by atoms with E-state index in [0.717, 1.165) is 43.1 Å². The summed E-state index contributed by atoms with van der Waals surface area (Å²) in [5.41, 5.74) is 3.93. The van der Waals surface area contributed by atoms with Gasteiger partial charge in [-0.15, -0.1) is 6.42 Å². The van der Waals surface area contributed by atoms with E-state index in [9.17, 15) is 4.79 Å². The number of pyridine rings is 1.